The van der Waals surface area contributed by atoms with Crippen LogP contribution < -0.4 is 15.8 Å². The number of benzene rings is 1. The minimum absolute atomic E-state index is 0.438. The Labute approximate surface area is 102 Å². The quantitative estimate of drug-likeness (QED) is 0.523. The van der Waals surface area contributed by atoms with Crippen LogP contribution in [0.5, 0.6) is 0 Å². The number of sulfonamides is 1. The van der Waals surface area contributed by atoms with E-state index in [1.165, 1.54) is 0 Å². The van der Waals surface area contributed by atoms with Crippen LogP contribution in [0.2, 0.25) is 0 Å². The van der Waals surface area contributed by atoms with Crippen LogP contribution >= 0.6 is 0 Å². The van der Waals surface area contributed by atoms with Gasteiger partial charge in [-0.15, -0.1) is 0 Å². The first-order chi connectivity index (χ1) is 7.88. The molecule has 0 atom stereocenters. The molecule has 17 heavy (non-hydrogen) atoms. The van der Waals surface area contributed by atoms with E-state index in [1.807, 2.05) is 25.1 Å². The molecule has 0 fully saturated rings. The first kappa shape index (κ1) is 13.8. The smallest absolute Gasteiger partial charge is 0.208 e. The van der Waals surface area contributed by atoms with Crippen molar-refractivity contribution in [1.29, 1.82) is 0 Å². The van der Waals surface area contributed by atoms with Crippen LogP contribution in [-0.2, 0) is 10.0 Å². The fourth-order valence-electron chi connectivity index (χ4n) is 1.33. The zero-order valence-electron chi connectivity index (χ0n) is 10.2. The summed E-state index contributed by atoms with van der Waals surface area (Å²) in [6.45, 7) is 3.09. The third-order valence-corrected chi connectivity index (χ3v) is 3.05. The largest absolute Gasteiger partial charge is 0.398 e. The van der Waals surface area contributed by atoms with Crippen molar-refractivity contribution in [3.05, 3.63) is 23.8 Å². The molecule has 0 unspecified atom stereocenters. The summed E-state index contributed by atoms with van der Waals surface area (Å²) in [5.41, 5.74) is 8.53. The van der Waals surface area contributed by atoms with Crippen LogP contribution in [0.25, 0.3) is 0 Å². The molecule has 0 saturated heterocycles. The zero-order chi connectivity index (χ0) is 12.9. The Morgan fingerprint density at radius 3 is 2.59 bits per heavy atom. The monoisotopic (exact) mass is 257 g/mol. The van der Waals surface area contributed by atoms with Crippen molar-refractivity contribution < 1.29 is 8.42 Å². The molecule has 1 aromatic rings. The zero-order valence-corrected chi connectivity index (χ0v) is 11.0. The standard InChI is InChI=1S/C11H19N3O2S/c1-9-4-5-10(8-11(9)12)13-6-3-7-14-17(2,15)16/h4-5,8,13-14H,3,6-7,12H2,1-2H3. The molecule has 0 aliphatic rings. The minimum atomic E-state index is -3.08. The van der Waals surface area contributed by atoms with Gasteiger partial charge in [-0.1, -0.05) is 6.07 Å². The Hall–Kier alpha value is -1.27. The van der Waals surface area contributed by atoms with Crippen molar-refractivity contribution in [2.45, 2.75) is 13.3 Å². The lowest BCUT2D eigenvalue weighted by Crippen LogP contribution is -2.24. The summed E-state index contributed by atoms with van der Waals surface area (Å²) in [5, 5.41) is 3.18. The summed E-state index contributed by atoms with van der Waals surface area (Å²) >= 11 is 0. The molecular formula is C11H19N3O2S. The Morgan fingerprint density at radius 2 is 2.00 bits per heavy atom. The van der Waals surface area contributed by atoms with Crippen molar-refractivity contribution in [2.24, 2.45) is 0 Å². The van der Waals surface area contributed by atoms with Gasteiger partial charge in [0.15, 0.2) is 0 Å². The first-order valence-electron chi connectivity index (χ1n) is 5.43. The van der Waals surface area contributed by atoms with E-state index < -0.39 is 10.0 Å². The van der Waals surface area contributed by atoms with Gasteiger partial charge in [0, 0.05) is 24.5 Å². The van der Waals surface area contributed by atoms with Crippen LogP contribution in [0.1, 0.15) is 12.0 Å². The highest BCUT2D eigenvalue weighted by Crippen LogP contribution is 2.16. The van der Waals surface area contributed by atoms with E-state index in [-0.39, 0.29) is 0 Å². The lowest BCUT2D eigenvalue weighted by atomic mass is 10.2. The normalized spacial score (nSPS) is 11.4. The predicted molar refractivity (Wildman–Crippen MR) is 71.5 cm³/mol. The fraction of sp³-hybridized carbons (Fsp3) is 0.455. The number of anilines is 2. The predicted octanol–water partition coefficient (Wildman–Crippen LogP) is 0.928. The highest BCUT2D eigenvalue weighted by Gasteiger charge is 1.99. The van der Waals surface area contributed by atoms with Crippen LogP contribution in [0, 0.1) is 6.92 Å². The third-order valence-electron chi connectivity index (χ3n) is 2.33. The van der Waals surface area contributed by atoms with Gasteiger partial charge in [-0.25, -0.2) is 13.1 Å². The first-order valence-corrected chi connectivity index (χ1v) is 7.32. The molecule has 0 bridgehead atoms. The van der Waals surface area contributed by atoms with Crippen LogP contribution in [0.4, 0.5) is 11.4 Å². The number of rotatable bonds is 6. The maximum atomic E-state index is 10.8. The highest BCUT2D eigenvalue weighted by molar-refractivity contribution is 7.88. The SMILES string of the molecule is Cc1ccc(NCCCNS(C)(=O)=O)cc1N. The second-order valence-electron chi connectivity index (χ2n) is 4.02. The second kappa shape index (κ2) is 5.88. The Kier molecular flexibility index (Phi) is 4.77. The van der Waals surface area contributed by atoms with Crippen molar-refractivity contribution in [3.8, 4) is 0 Å². The summed E-state index contributed by atoms with van der Waals surface area (Å²) < 4.78 is 24.0. The summed E-state index contributed by atoms with van der Waals surface area (Å²) in [5.74, 6) is 0. The van der Waals surface area contributed by atoms with E-state index in [2.05, 4.69) is 10.0 Å². The van der Waals surface area contributed by atoms with E-state index in [1.54, 1.807) is 0 Å². The van der Waals surface area contributed by atoms with E-state index in [0.717, 1.165) is 29.6 Å². The minimum Gasteiger partial charge on any atom is -0.398 e. The molecular weight excluding hydrogens is 238 g/mol. The molecule has 1 rings (SSSR count). The summed E-state index contributed by atoms with van der Waals surface area (Å²) in [6.07, 6.45) is 1.88. The number of hydrogen-bond donors (Lipinski definition) is 3. The van der Waals surface area contributed by atoms with Gasteiger partial charge in [0.25, 0.3) is 0 Å². The molecule has 1 aromatic carbocycles. The molecule has 0 saturated carbocycles. The average molecular weight is 257 g/mol. The van der Waals surface area contributed by atoms with Gasteiger partial charge in [0.1, 0.15) is 0 Å². The van der Waals surface area contributed by atoms with Crippen molar-refractivity contribution >= 4 is 21.4 Å². The van der Waals surface area contributed by atoms with Crippen molar-refractivity contribution in [2.75, 3.05) is 30.4 Å². The van der Waals surface area contributed by atoms with E-state index in [4.69, 9.17) is 5.73 Å². The number of nitrogens with two attached hydrogens (primary N) is 1. The van der Waals surface area contributed by atoms with Crippen molar-refractivity contribution in [3.63, 3.8) is 0 Å². The molecule has 0 radical (unpaired) electrons. The Balaban J connectivity index is 2.29. The van der Waals surface area contributed by atoms with E-state index in [0.29, 0.717) is 13.1 Å². The van der Waals surface area contributed by atoms with E-state index in [9.17, 15) is 8.42 Å². The summed E-state index contributed by atoms with van der Waals surface area (Å²) in [6, 6.07) is 5.78. The fourth-order valence-corrected chi connectivity index (χ4v) is 1.84. The molecule has 0 heterocycles. The molecule has 6 heteroatoms. The number of nitrogens with one attached hydrogen (secondary N) is 2. The molecule has 5 nitrogen and oxygen atoms in total. The number of aryl methyl sites for hydroxylation is 1. The average Bonchev–Trinajstić information content (AvgIpc) is 2.21. The van der Waals surface area contributed by atoms with Crippen LogP contribution in [0.15, 0.2) is 18.2 Å². The van der Waals surface area contributed by atoms with Gasteiger partial charge in [0.05, 0.1) is 6.26 Å². The number of nitrogen functional groups attached to an aromatic ring is 1. The molecule has 0 spiro atoms. The molecule has 0 aromatic heterocycles. The second-order valence-corrected chi connectivity index (χ2v) is 5.85. The van der Waals surface area contributed by atoms with Crippen LogP contribution in [-0.4, -0.2) is 27.8 Å². The lowest BCUT2D eigenvalue weighted by Gasteiger charge is -2.08. The molecule has 96 valence electrons. The molecule has 0 amide bonds. The van der Waals surface area contributed by atoms with Gasteiger partial charge in [0.2, 0.25) is 10.0 Å². The Morgan fingerprint density at radius 1 is 1.29 bits per heavy atom. The van der Waals surface area contributed by atoms with Crippen molar-refractivity contribution in [1.82, 2.24) is 4.72 Å². The number of hydrogen-bond acceptors (Lipinski definition) is 4. The molecule has 0 aliphatic heterocycles. The summed E-state index contributed by atoms with van der Waals surface area (Å²) in [4.78, 5) is 0. The van der Waals surface area contributed by atoms with Gasteiger partial charge < -0.3 is 11.1 Å². The van der Waals surface area contributed by atoms with Gasteiger partial charge in [-0.05, 0) is 31.0 Å². The van der Waals surface area contributed by atoms with Gasteiger partial charge in [-0.3, -0.25) is 0 Å². The van der Waals surface area contributed by atoms with Gasteiger partial charge in [-0.2, -0.15) is 0 Å². The lowest BCUT2D eigenvalue weighted by molar-refractivity contribution is 0.586. The van der Waals surface area contributed by atoms with Crippen LogP contribution in [0.3, 0.4) is 0 Å². The summed E-state index contributed by atoms with van der Waals surface area (Å²) in [7, 11) is -3.08. The Bertz CT molecular complexity index is 472. The van der Waals surface area contributed by atoms with Gasteiger partial charge >= 0.3 is 0 Å². The third kappa shape index (κ3) is 5.55. The maximum absolute atomic E-state index is 10.8. The maximum Gasteiger partial charge on any atom is 0.208 e. The molecule has 0 aliphatic carbocycles. The topological polar surface area (TPSA) is 84.2 Å². The molecule has 4 N–H and O–H groups in total. The highest BCUT2D eigenvalue weighted by atomic mass is 32.2. The van der Waals surface area contributed by atoms with E-state index >= 15 is 0 Å².